The number of ether oxygens (including phenoxy) is 2. The molecule has 0 bridgehead atoms. The van der Waals surface area contributed by atoms with Gasteiger partial charge in [0.2, 0.25) is 0 Å². The first-order valence-corrected chi connectivity index (χ1v) is 5.77. The van der Waals surface area contributed by atoms with Gasteiger partial charge in [0.1, 0.15) is 17.3 Å². The summed E-state index contributed by atoms with van der Waals surface area (Å²) in [6, 6.07) is 2.73. The Labute approximate surface area is 109 Å². The maximum absolute atomic E-state index is 13.4. The summed E-state index contributed by atoms with van der Waals surface area (Å²) in [4.78, 5) is 13.0. The van der Waals surface area contributed by atoms with Gasteiger partial charge in [0.25, 0.3) is 0 Å². The summed E-state index contributed by atoms with van der Waals surface area (Å²) in [7, 11) is 1.49. The van der Waals surface area contributed by atoms with Crippen molar-refractivity contribution in [2.45, 2.75) is 6.29 Å². The molecule has 0 spiro atoms. The molecule has 1 aliphatic rings. The van der Waals surface area contributed by atoms with E-state index in [0.717, 1.165) is 12.1 Å². The Balaban J connectivity index is 1.96. The highest BCUT2D eigenvalue weighted by Gasteiger charge is 2.21. The fraction of sp³-hybridized carbons (Fsp3) is 0.417. The van der Waals surface area contributed by atoms with Crippen molar-refractivity contribution >= 4 is 11.7 Å². The van der Waals surface area contributed by atoms with E-state index in [4.69, 9.17) is 9.47 Å². The molecule has 104 valence electrons. The number of amides is 2. The van der Waals surface area contributed by atoms with Crippen LogP contribution >= 0.6 is 0 Å². The van der Waals surface area contributed by atoms with Crippen molar-refractivity contribution in [2.75, 3.05) is 32.1 Å². The number of carbonyl (C=O) groups is 1. The molecule has 19 heavy (non-hydrogen) atoms. The van der Waals surface area contributed by atoms with Gasteiger partial charge < -0.3 is 19.7 Å². The van der Waals surface area contributed by atoms with Crippen LogP contribution in [-0.2, 0) is 9.47 Å². The summed E-state index contributed by atoms with van der Waals surface area (Å²) in [5.74, 6) is -1.65. The molecule has 1 heterocycles. The van der Waals surface area contributed by atoms with Crippen molar-refractivity contribution in [3.8, 4) is 0 Å². The highest BCUT2D eigenvalue weighted by atomic mass is 19.1. The van der Waals surface area contributed by atoms with Gasteiger partial charge in [0, 0.05) is 7.05 Å². The maximum atomic E-state index is 13.4. The Bertz CT molecular complexity index is 444. The lowest BCUT2D eigenvalue weighted by molar-refractivity contribution is -0.0518. The number of carbonyl (C=O) groups excluding carboxylic acids is 1. The van der Waals surface area contributed by atoms with Gasteiger partial charge in [-0.1, -0.05) is 6.07 Å². The lowest BCUT2D eigenvalue weighted by atomic mass is 10.3. The van der Waals surface area contributed by atoms with Crippen molar-refractivity contribution in [1.82, 2.24) is 4.90 Å². The molecule has 1 aromatic carbocycles. The number of halogens is 2. The van der Waals surface area contributed by atoms with E-state index in [-0.39, 0.29) is 6.54 Å². The topological polar surface area (TPSA) is 50.8 Å². The molecule has 2 rings (SSSR count). The number of hydrogen-bond acceptors (Lipinski definition) is 3. The van der Waals surface area contributed by atoms with Crippen LogP contribution in [0.3, 0.4) is 0 Å². The molecule has 7 heteroatoms. The van der Waals surface area contributed by atoms with E-state index in [0.29, 0.717) is 13.2 Å². The number of benzene rings is 1. The number of likely N-dealkylation sites (N-methyl/N-ethyl adjacent to an activating group) is 1. The smallest absolute Gasteiger partial charge is 0.321 e. The van der Waals surface area contributed by atoms with Crippen LogP contribution in [0.1, 0.15) is 0 Å². The summed E-state index contributed by atoms with van der Waals surface area (Å²) in [6.45, 7) is 1.13. The third kappa shape index (κ3) is 3.39. The predicted molar refractivity (Wildman–Crippen MR) is 63.7 cm³/mol. The van der Waals surface area contributed by atoms with Gasteiger partial charge in [-0.2, -0.15) is 0 Å². The van der Waals surface area contributed by atoms with Crippen LogP contribution in [0.25, 0.3) is 0 Å². The van der Waals surface area contributed by atoms with Crippen molar-refractivity contribution in [3.63, 3.8) is 0 Å². The standard InChI is InChI=1S/C12H14F2N2O3/c1-16(7-10-18-5-6-19-10)12(17)15-11-8(13)3-2-4-9(11)14/h2-4,10H,5-7H2,1H3,(H,15,17). The van der Waals surface area contributed by atoms with Crippen molar-refractivity contribution < 1.29 is 23.0 Å². The summed E-state index contributed by atoms with van der Waals surface area (Å²) >= 11 is 0. The van der Waals surface area contributed by atoms with Crippen LogP contribution in [0, 0.1) is 11.6 Å². The molecule has 0 aromatic heterocycles. The number of nitrogens with one attached hydrogen (secondary N) is 1. The molecule has 0 unspecified atom stereocenters. The molecule has 0 atom stereocenters. The van der Waals surface area contributed by atoms with E-state index in [1.54, 1.807) is 0 Å². The molecule has 0 aliphatic carbocycles. The van der Waals surface area contributed by atoms with E-state index in [1.807, 2.05) is 0 Å². The van der Waals surface area contributed by atoms with Crippen molar-refractivity contribution in [3.05, 3.63) is 29.8 Å². The van der Waals surface area contributed by atoms with E-state index < -0.39 is 29.6 Å². The largest absolute Gasteiger partial charge is 0.348 e. The molecule has 0 radical (unpaired) electrons. The fourth-order valence-corrected chi connectivity index (χ4v) is 1.64. The molecule has 0 saturated carbocycles. The minimum atomic E-state index is -0.824. The van der Waals surface area contributed by atoms with Gasteiger partial charge in [-0.15, -0.1) is 0 Å². The molecular formula is C12H14F2N2O3. The quantitative estimate of drug-likeness (QED) is 0.912. The summed E-state index contributed by atoms with van der Waals surface area (Å²) in [6.07, 6.45) is -0.499. The number of urea groups is 1. The summed E-state index contributed by atoms with van der Waals surface area (Å²) in [5.41, 5.74) is -0.465. The van der Waals surface area contributed by atoms with Gasteiger partial charge in [0.15, 0.2) is 6.29 Å². The normalized spacial score (nSPS) is 15.5. The summed E-state index contributed by atoms with van der Waals surface area (Å²) in [5, 5.41) is 2.18. The highest BCUT2D eigenvalue weighted by Crippen LogP contribution is 2.18. The average molecular weight is 272 g/mol. The Kier molecular flexibility index (Phi) is 4.28. The Morgan fingerprint density at radius 3 is 2.53 bits per heavy atom. The zero-order chi connectivity index (χ0) is 13.8. The second kappa shape index (κ2) is 5.94. The van der Waals surface area contributed by atoms with E-state index in [2.05, 4.69) is 5.32 Å². The number of rotatable bonds is 3. The van der Waals surface area contributed by atoms with Crippen molar-refractivity contribution in [2.24, 2.45) is 0 Å². The lowest BCUT2D eigenvalue weighted by Gasteiger charge is -2.21. The third-order valence-electron chi connectivity index (χ3n) is 2.66. The minimum absolute atomic E-state index is 0.182. The number of para-hydroxylation sites is 1. The van der Waals surface area contributed by atoms with Gasteiger partial charge in [-0.25, -0.2) is 13.6 Å². The van der Waals surface area contributed by atoms with Crippen molar-refractivity contribution in [1.29, 1.82) is 0 Å². The highest BCUT2D eigenvalue weighted by molar-refractivity contribution is 5.89. The molecular weight excluding hydrogens is 258 g/mol. The van der Waals surface area contributed by atoms with Crippen LogP contribution in [0.2, 0.25) is 0 Å². The minimum Gasteiger partial charge on any atom is -0.348 e. The van der Waals surface area contributed by atoms with Crippen LogP contribution < -0.4 is 5.32 Å². The SMILES string of the molecule is CN(CC1OCCO1)C(=O)Nc1c(F)cccc1F. The van der Waals surface area contributed by atoms with E-state index in [9.17, 15) is 13.6 Å². The molecule has 1 fully saturated rings. The second-order valence-electron chi connectivity index (χ2n) is 4.08. The fourth-order valence-electron chi connectivity index (χ4n) is 1.64. The van der Waals surface area contributed by atoms with E-state index >= 15 is 0 Å². The van der Waals surface area contributed by atoms with Crippen LogP contribution in [0.5, 0.6) is 0 Å². The lowest BCUT2D eigenvalue weighted by Crippen LogP contribution is -2.38. The molecule has 1 N–H and O–H groups in total. The molecule has 1 aliphatic heterocycles. The third-order valence-corrected chi connectivity index (χ3v) is 2.66. The van der Waals surface area contributed by atoms with E-state index in [1.165, 1.54) is 18.0 Å². The Morgan fingerprint density at radius 2 is 1.95 bits per heavy atom. The first-order valence-electron chi connectivity index (χ1n) is 5.77. The van der Waals surface area contributed by atoms with Gasteiger partial charge in [0.05, 0.1) is 19.8 Å². The summed E-state index contributed by atoms with van der Waals surface area (Å²) < 4.78 is 37.1. The molecule has 1 aromatic rings. The van der Waals surface area contributed by atoms with Crippen LogP contribution in [0.4, 0.5) is 19.3 Å². The zero-order valence-corrected chi connectivity index (χ0v) is 10.4. The number of anilines is 1. The first kappa shape index (κ1) is 13.7. The average Bonchev–Trinajstić information content (AvgIpc) is 2.86. The monoisotopic (exact) mass is 272 g/mol. The zero-order valence-electron chi connectivity index (χ0n) is 10.4. The van der Waals surface area contributed by atoms with Gasteiger partial charge >= 0.3 is 6.03 Å². The van der Waals surface area contributed by atoms with Crippen LogP contribution in [0.15, 0.2) is 18.2 Å². The Hall–Kier alpha value is -1.73. The molecule has 5 nitrogen and oxygen atoms in total. The van der Waals surface area contributed by atoms with Crippen LogP contribution in [-0.4, -0.2) is 44.0 Å². The second-order valence-corrected chi connectivity index (χ2v) is 4.08. The molecule has 1 saturated heterocycles. The predicted octanol–water partition coefficient (Wildman–Crippen LogP) is 1.80. The Morgan fingerprint density at radius 1 is 1.37 bits per heavy atom. The maximum Gasteiger partial charge on any atom is 0.321 e. The first-order chi connectivity index (χ1) is 9.08. The van der Waals surface area contributed by atoms with Gasteiger partial charge in [-0.3, -0.25) is 0 Å². The molecule has 2 amide bonds. The number of hydrogen-bond donors (Lipinski definition) is 1. The number of nitrogens with zero attached hydrogens (tertiary/aromatic N) is 1. The van der Waals surface area contributed by atoms with Gasteiger partial charge in [-0.05, 0) is 12.1 Å².